The summed E-state index contributed by atoms with van der Waals surface area (Å²) in [6.07, 6.45) is -0.975. The number of nitrogens with one attached hydrogen (secondary N) is 2. The van der Waals surface area contributed by atoms with E-state index in [1.807, 2.05) is 6.92 Å². The van der Waals surface area contributed by atoms with E-state index in [9.17, 15) is 19.4 Å². The molecule has 3 aromatic heterocycles. The van der Waals surface area contributed by atoms with Crippen molar-refractivity contribution in [3.8, 4) is 11.4 Å². The van der Waals surface area contributed by atoms with Crippen LogP contribution in [0.3, 0.4) is 0 Å². The molecule has 0 unspecified atom stereocenters. The Morgan fingerprint density at radius 2 is 2.03 bits per heavy atom. The second kappa shape index (κ2) is 10.6. The maximum absolute atomic E-state index is 14.4. The number of pyridine rings is 1. The highest BCUT2D eigenvalue weighted by atomic mass is 35.5. The van der Waals surface area contributed by atoms with Crippen molar-refractivity contribution in [1.82, 2.24) is 29.8 Å². The van der Waals surface area contributed by atoms with E-state index in [1.54, 1.807) is 25.1 Å². The number of aliphatic hydroxyl groups excluding tert-OH is 2. The van der Waals surface area contributed by atoms with E-state index < -0.39 is 30.4 Å². The molecule has 1 fully saturated rings. The Morgan fingerprint density at radius 3 is 2.79 bits per heavy atom. The van der Waals surface area contributed by atoms with Gasteiger partial charge < -0.3 is 25.6 Å². The van der Waals surface area contributed by atoms with Crippen molar-refractivity contribution in [2.75, 3.05) is 11.9 Å². The number of fused-ring (bicyclic) bond motifs is 1. The van der Waals surface area contributed by atoms with Crippen LogP contribution in [0.2, 0.25) is 5.02 Å². The third-order valence-electron chi connectivity index (χ3n) is 6.15. The zero-order valence-electron chi connectivity index (χ0n) is 20.5. The van der Waals surface area contributed by atoms with E-state index in [0.29, 0.717) is 28.2 Å². The van der Waals surface area contributed by atoms with Gasteiger partial charge in [-0.25, -0.2) is 19.3 Å². The summed E-state index contributed by atoms with van der Waals surface area (Å²) in [4.78, 5) is 30.0. The lowest BCUT2D eigenvalue weighted by Gasteiger charge is -2.17. The molecule has 4 heterocycles. The highest BCUT2D eigenvalue weighted by Gasteiger charge is 2.47. The summed E-state index contributed by atoms with van der Waals surface area (Å²) in [7, 11) is 0. The number of amides is 1. The third kappa shape index (κ3) is 4.90. The van der Waals surface area contributed by atoms with Crippen LogP contribution in [0.25, 0.3) is 22.6 Å². The number of halogens is 2. The number of likely N-dealkylation sites (N-methyl/N-ethyl adjacent to an activating group) is 1. The van der Waals surface area contributed by atoms with Crippen LogP contribution in [0.1, 0.15) is 24.3 Å². The summed E-state index contributed by atoms with van der Waals surface area (Å²) in [6.45, 7) is 4.05. The second-order valence-corrected chi connectivity index (χ2v) is 9.32. The van der Waals surface area contributed by atoms with Crippen LogP contribution in [-0.4, -0.2) is 65.5 Å². The molecule has 1 aromatic carbocycles. The summed E-state index contributed by atoms with van der Waals surface area (Å²) < 4.78 is 21.6. The Bertz CT molecular complexity index is 1500. The Labute approximate surface area is 221 Å². The maximum atomic E-state index is 14.4. The first-order valence-electron chi connectivity index (χ1n) is 11.9. The van der Waals surface area contributed by atoms with Crippen molar-refractivity contribution < 1.29 is 24.1 Å². The fraction of sp³-hybridized carbons (Fsp3) is 0.320. The van der Waals surface area contributed by atoms with Crippen molar-refractivity contribution in [3.63, 3.8) is 0 Å². The van der Waals surface area contributed by atoms with Crippen LogP contribution in [0.15, 0.2) is 43.0 Å². The molecule has 11 nitrogen and oxygen atoms in total. The highest BCUT2D eigenvalue weighted by Crippen LogP contribution is 2.34. The quantitative estimate of drug-likeness (QED) is 0.277. The standard InChI is InChI=1S/C25H25ClFN7O4/c1-3-29-24(37)20-18(35)19(36)25(38-20)34-11-31-17-22(30-9-13-6-12(2)4-5-16(13)27)32-21(33-23(17)34)14-7-15(26)10-28-8-14/h4-8,10-11,18-20,25,35-36H,3,9H2,1-2H3,(H,29,37)(H,30,32,33)/t18-,19+,20-,25+/m0/s1. The number of benzene rings is 1. The van der Waals surface area contributed by atoms with Gasteiger partial charge in [-0.3, -0.25) is 14.3 Å². The van der Waals surface area contributed by atoms with E-state index in [0.717, 1.165) is 5.56 Å². The maximum Gasteiger partial charge on any atom is 0.252 e. The van der Waals surface area contributed by atoms with Gasteiger partial charge in [-0.2, -0.15) is 0 Å². The number of rotatable bonds is 7. The molecule has 1 saturated heterocycles. The van der Waals surface area contributed by atoms with Crippen LogP contribution in [0, 0.1) is 12.7 Å². The molecule has 4 atom stereocenters. The second-order valence-electron chi connectivity index (χ2n) is 8.88. The van der Waals surface area contributed by atoms with Gasteiger partial charge in [-0.05, 0) is 26.0 Å². The molecular weight excluding hydrogens is 517 g/mol. The summed E-state index contributed by atoms with van der Waals surface area (Å²) in [6, 6.07) is 6.45. The Balaban J connectivity index is 1.57. The van der Waals surface area contributed by atoms with Crippen LogP contribution in [0.4, 0.5) is 10.2 Å². The molecule has 38 heavy (non-hydrogen) atoms. The molecule has 4 N–H and O–H groups in total. The number of aryl methyl sites for hydroxylation is 1. The number of hydrogen-bond donors (Lipinski definition) is 4. The number of aliphatic hydroxyl groups is 2. The van der Waals surface area contributed by atoms with Crippen molar-refractivity contribution in [1.29, 1.82) is 0 Å². The molecule has 0 spiro atoms. The molecule has 1 amide bonds. The average Bonchev–Trinajstić information content (AvgIpc) is 3.45. The van der Waals surface area contributed by atoms with Gasteiger partial charge in [0.1, 0.15) is 18.0 Å². The Kier molecular flexibility index (Phi) is 7.21. The lowest BCUT2D eigenvalue weighted by Crippen LogP contribution is -2.42. The molecule has 0 bridgehead atoms. The zero-order chi connectivity index (χ0) is 27.0. The topological polar surface area (TPSA) is 147 Å². The van der Waals surface area contributed by atoms with Gasteiger partial charge in [-0.1, -0.05) is 29.3 Å². The average molecular weight is 542 g/mol. The SMILES string of the molecule is CCNC(=O)[C@H]1O[C@@H](n2cnc3c(NCc4cc(C)ccc4F)nc(-c4cncc(Cl)c4)nc32)[C@H](O)[C@@H]1O. The van der Waals surface area contributed by atoms with Gasteiger partial charge in [0.15, 0.2) is 35.1 Å². The van der Waals surface area contributed by atoms with Crippen LogP contribution < -0.4 is 10.6 Å². The van der Waals surface area contributed by atoms with E-state index in [1.165, 1.54) is 29.4 Å². The van der Waals surface area contributed by atoms with E-state index >= 15 is 0 Å². The van der Waals surface area contributed by atoms with Crippen LogP contribution in [0.5, 0.6) is 0 Å². The number of anilines is 1. The van der Waals surface area contributed by atoms with Gasteiger partial charge >= 0.3 is 0 Å². The lowest BCUT2D eigenvalue weighted by atomic mass is 10.1. The van der Waals surface area contributed by atoms with E-state index in [2.05, 4.69) is 30.6 Å². The molecule has 0 radical (unpaired) electrons. The Hall–Kier alpha value is -3.71. The van der Waals surface area contributed by atoms with Crippen molar-refractivity contribution >= 4 is 34.5 Å². The minimum absolute atomic E-state index is 0.111. The van der Waals surface area contributed by atoms with E-state index in [4.69, 9.17) is 16.3 Å². The minimum atomic E-state index is -1.47. The van der Waals surface area contributed by atoms with Crippen molar-refractivity contribution in [2.45, 2.75) is 44.9 Å². The molecule has 4 aromatic rings. The van der Waals surface area contributed by atoms with Crippen molar-refractivity contribution in [2.24, 2.45) is 0 Å². The van der Waals surface area contributed by atoms with Gasteiger partial charge in [0.25, 0.3) is 5.91 Å². The first-order valence-corrected chi connectivity index (χ1v) is 12.3. The summed E-state index contributed by atoms with van der Waals surface area (Å²) in [5.41, 5.74) is 2.40. The summed E-state index contributed by atoms with van der Waals surface area (Å²) in [5, 5.41) is 27.3. The number of ether oxygens (including phenoxy) is 1. The molecule has 5 rings (SSSR count). The fourth-order valence-corrected chi connectivity index (χ4v) is 4.46. The number of nitrogens with zero attached hydrogens (tertiary/aromatic N) is 5. The van der Waals surface area contributed by atoms with Gasteiger partial charge in [0.05, 0.1) is 11.3 Å². The first kappa shape index (κ1) is 25.9. The highest BCUT2D eigenvalue weighted by molar-refractivity contribution is 6.30. The number of carbonyl (C=O) groups is 1. The zero-order valence-corrected chi connectivity index (χ0v) is 21.2. The normalized spacial score (nSPS) is 21.1. The summed E-state index contributed by atoms with van der Waals surface area (Å²) >= 11 is 6.13. The molecule has 0 saturated carbocycles. The Morgan fingerprint density at radius 1 is 1.21 bits per heavy atom. The smallest absolute Gasteiger partial charge is 0.252 e. The lowest BCUT2D eigenvalue weighted by molar-refractivity contribution is -0.137. The molecular formula is C25H25ClFN7O4. The minimum Gasteiger partial charge on any atom is -0.387 e. The molecule has 13 heteroatoms. The summed E-state index contributed by atoms with van der Waals surface area (Å²) in [5.74, 6) is -0.396. The predicted molar refractivity (Wildman–Crippen MR) is 137 cm³/mol. The fourth-order valence-electron chi connectivity index (χ4n) is 4.29. The molecule has 1 aliphatic heterocycles. The first-order chi connectivity index (χ1) is 18.3. The van der Waals surface area contributed by atoms with E-state index in [-0.39, 0.29) is 29.7 Å². The molecule has 198 valence electrons. The monoisotopic (exact) mass is 541 g/mol. The number of aromatic nitrogens is 5. The molecule has 0 aliphatic carbocycles. The van der Waals surface area contributed by atoms with Gasteiger partial charge in [0.2, 0.25) is 0 Å². The van der Waals surface area contributed by atoms with Crippen molar-refractivity contribution in [3.05, 3.63) is 65.0 Å². The number of imidazole rings is 1. The third-order valence-corrected chi connectivity index (χ3v) is 6.36. The largest absolute Gasteiger partial charge is 0.387 e. The van der Waals surface area contributed by atoms with Crippen LogP contribution >= 0.6 is 11.6 Å². The number of hydrogen-bond acceptors (Lipinski definition) is 9. The van der Waals surface area contributed by atoms with Gasteiger partial charge in [0, 0.05) is 36.6 Å². The predicted octanol–water partition coefficient (Wildman–Crippen LogP) is 2.36. The van der Waals surface area contributed by atoms with Gasteiger partial charge in [-0.15, -0.1) is 0 Å². The number of carbonyl (C=O) groups excluding carboxylic acids is 1. The molecule has 1 aliphatic rings. The van der Waals surface area contributed by atoms with Crippen LogP contribution in [-0.2, 0) is 16.1 Å².